The summed E-state index contributed by atoms with van der Waals surface area (Å²) >= 11 is 1.02. The lowest BCUT2D eigenvalue weighted by Crippen LogP contribution is -2.29. The number of pyridine rings is 1. The zero-order chi connectivity index (χ0) is 15.9. The van der Waals surface area contributed by atoms with Gasteiger partial charge in [-0.15, -0.1) is 0 Å². The predicted octanol–water partition coefficient (Wildman–Crippen LogP) is 2.54. The summed E-state index contributed by atoms with van der Waals surface area (Å²) in [7, 11) is 0. The van der Waals surface area contributed by atoms with Crippen molar-refractivity contribution >= 4 is 35.1 Å². The molecule has 0 atom stereocenters. The summed E-state index contributed by atoms with van der Waals surface area (Å²) < 4.78 is 0. The molecule has 0 fully saturated rings. The number of hydrogen-bond donors (Lipinski definition) is 2. The third kappa shape index (κ3) is 4.33. The standard InChI is InChI=1S/C15H12N4O2S/c1-10-3-2-4-13(17-10)19-15(21)14(20)18-11-5-7-12(8-6-11)22-9-16/h2-8H,1H3,(H,18,20)(H,17,19,21). The van der Waals surface area contributed by atoms with Gasteiger partial charge in [0.15, 0.2) is 0 Å². The lowest BCUT2D eigenvalue weighted by Gasteiger charge is -2.06. The molecule has 0 aliphatic rings. The van der Waals surface area contributed by atoms with E-state index < -0.39 is 11.8 Å². The molecule has 0 spiro atoms. The van der Waals surface area contributed by atoms with Crippen LogP contribution in [-0.4, -0.2) is 16.8 Å². The Bertz CT molecular complexity index is 738. The Hall–Kier alpha value is -2.85. The Morgan fingerprint density at radius 3 is 2.41 bits per heavy atom. The summed E-state index contributed by atoms with van der Waals surface area (Å²) in [5.74, 6) is -1.27. The number of aromatic nitrogens is 1. The fourth-order valence-corrected chi connectivity index (χ4v) is 2.01. The topological polar surface area (TPSA) is 94.9 Å². The van der Waals surface area contributed by atoms with Gasteiger partial charge in [0, 0.05) is 16.3 Å². The number of aryl methyl sites for hydroxylation is 1. The van der Waals surface area contributed by atoms with E-state index in [0.717, 1.165) is 22.4 Å². The molecule has 6 nitrogen and oxygen atoms in total. The van der Waals surface area contributed by atoms with Crippen molar-refractivity contribution in [2.24, 2.45) is 0 Å². The van der Waals surface area contributed by atoms with E-state index in [4.69, 9.17) is 5.26 Å². The minimum Gasteiger partial charge on any atom is -0.318 e. The number of nitrogens with zero attached hydrogens (tertiary/aromatic N) is 2. The van der Waals surface area contributed by atoms with E-state index in [0.29, 0.717) is 11.5 Å². The molecule has 0 aliphatic heterocycles. The highest BCUT2D eigenvalue weighted by atomic mass is 32.2. The first-order valence-electron chi connectivity index (χ1n) is 6.30. The van der Waals surface area contributed by atoms with E-state index in [1.807, 2.05) is 5.40 Å². The molecule has 2 N–H and O–H groups in total. The number of benzene rings is 1. The van der Waals surface area contributed by atoms with Crippen molar-refractivity contribution in [3.8, 4) is 5.40 Å². The van der Waals surface area contributed by atoms with Gasteiger partial charge in [-0.1, -0.05) is 6.07 Å². The molecule has 2 amide bonds. The third-order valence-corrected chi connectivity index (χ3v) is 3.21. The molecule has 1 heterocycles. The van der Waals surface area contributed by atoms with Gasteiger partial charge in [-0.05, 0) is 55.1 Å². The maximum Gasteiger partial charge on any atom is 0.315 e. The molecule has 0 bridgehead atoms. The highest BCUT2D eigenvalue weighted by Gasteiger charge is 2.14. The molecular formula is C15H12N4O2S. The number of anilines is 2. The fraction of sp³-hybridized carbons (Fsp3) is 0.0667. The van der Waals surface area contributed by atoms with E-state index >= 15 is 0 Å². The summed E-state index contributed by atoms with van der Waals surface area (Å²) in [6.45, 7) is 1.79. The maximum atomic E-state index is 11.8. The van der Waals surface area contributed by atoms with Gasteiger partial charge < -0.3 is 10.6 Å². The number of rotatable bonds is 3. The van der Waals surface area contributed by atoms with Gasteiger partial charge in [-0.3, -0.25) is 9.59 Å². The van der Waals surface area contributed by atoms with Crippen LogP contribution in [0.3, 0.4) is 0 Å². The number of hydrogen-bond acceptors (Lipinski definition) is 5. The summed E-state index contributed by atoms with van der Waals surface area (Å²) in [5, 5.41) is 15.4. The average Bonchev–Trinajstić information content (AvgIpc) is 2.49. The Labute approximate surface area is 131 Å². The van der Waals surface area contributed by atoms with E-state index in [-0.39, 0.29) is 0 Å². The molecule has 0 saturated heterocycles. The maximum absolute atomic E-state index is 11.8. The van der Waals surface area contributed by atoms with Gasteiger partial charge in [0.05, 0.1) is 0 Å². The van der Waals surface area contributed by atoms with Crippen LogP contribution in [0.2, 0.25) is 0 Å². The summed E-state index contributed by atoms with van der Waals surface area (Å²) in [6.07, 6.45) is 0. The van der Waals surface area contributed by atoms with Gasteiger partial charge in [-0.2, -0.15) is 5.26 Å². The number of nitrogens with one attached hydrogen (secondary N) is 2. The van der Waals surface area contributed by atoms with Crippen LogP contribution in [0, 0.1) is 17.6 Å². The predicted molar refractivity (Wildman–Crippen MR) is 84.1 cm³/mol. The van der Waals surface area contributed by atoms with Crippen molar-refractivity contribution in [2.75, 3.05) is 10.6 Å². The molecular weight excluding hydrogens is 300 g/mol. The van der Waals surface area contributed by atoms with Crippen LogP contribution >= 0.6 is 11.8 Å². The number of nitriles is 1. The minimum absolute atomic E-state index is 0.320. The van der Waals surface area contributed by atoms with Gasteiger partial charge in [0.2, 0.25) is 0 Å². The monoisotopic (exact) mass is 312 g/mol. The van der Waals surface area contributed by atoms with E-state index in [1.54, 1.807) is 49.4 Å². The molecule has 1 aromatic carbocycles. The summed E-state index contributed by atoms with van der Waals surface area (Å²) in [4.78, 5) is 28.4. The summed E-state index contributed by atoms with van der Waals surface area (Å²) in [6, 6.07) is 11.7. The second kappa shape index (κ2) is 7.24. The highest BCUT2D eigenvalue weighted by molar-refractivity contribution is 8.03. The highest BCUT2D eigenvalue weighted by Crippen LogP contribution is 2.18. The average molecular weight is 312 g/mol. The Morgan fingerprint density at radius 2 is 1.77 bits per heavy atom. The minimum atomic E-state index is -0.798. The Morgan fingerprint density at radius 1 is 1.09 bits per heavy atom. The molecule has 0 aliphatic carbocycles. The molecule has 22 heavy (non-hydrogen) atoms. The van der Waals surface area contributed by atoms with Gasteiger partial charge in [0.1, 0.15) is 11.2 Å². The molecule has 110 valence electrons. The first kappa shape index (κ1) is 15.5. The zero-order valence-electron chi connectivity index (χ0n) is 11.7. The van der Waals surface area contributed by atoms with E-state index in [9.17, 15) is 9.59 Å². The fourth-order valence-electron chi connectivity index (χ4n) is 1.63. The molecule has 2 aromatic rings. The number of amides is 2. The zero-order valence-corrected chi connectivity index (χ0v) is 12.5. The quantitative estimate of drug-likeness (QED) is 0.516. The molecule has 2 rings (SSSR count). The number of carbonyl (C=O) groups is 2. The van der Waals surface area contributed by atoms with Crippen LogP contribution in [0.25, 0.3) is 0 Å². The van der Waals surface area contributed by atoms with Crippen LogP contribution in [0.15, 0.2) is 47.4 Å². The molecule has 0 radical (unpaired) electrons. The van der Waals surface area contributed by atoms with Crippen molar-refractivity contribution in [2.45, 2.75) is 11.8 Å². The van der Waals surface area contributed by atoms with Crippen molar-refractivity contribution in [1.82, 2.24) is 4.98 Å². The number of thiocyanates is 1. The molecule has 1 aromatic heterocycles. The largest absolute Gasteiger partial charge is 0.318 e. The van der Waals surface area contributed by atoms with Gasteiger partial charge in [0.25, 0.3) is 0 Å². The lowest BCUT2D eigenvalue weighted by atomic mass is 10.3. The lowest BCUT2D eigenvalue weighted by molar-refractivity contribution is -0.133. The van der Waals surface area contributed by atoms with Gasteiger partial charge >= 0.3 is 11.8 Å². The van der Waals surface area contributed by atoms with E-state index in [1.165, 1.54) is 0 Å². The normalized spacial score (nSPS) is 9.64. The van der Waals surface area contributed by atoms with Crippen LogP contribution in [-0.2, 0) is 9.59 Å². The van der Waals surface area contributed by atoms with Crippen molar-refractivity contribution in [3.05, 3.63) is 48.2 Å². The Kier molecular flexibility index (Phi) is 5.11. The smallest absolute Gasteiger partial charge is 0.315 e. The SMILES string of the molecule is Cc1cccc(NC(=O)C(=O)Nc2ccc(SC#N)cc2)n1. The Balaban J connectivity index is 1.96. The second-order valence-corrected chi connectivity index (χ2v) is 5.15. The van der Waals surface area contributed by atoms with Crippen LogP contribution in [0.1, 0.15) is 5.69 Å². The van der Waals surface area contributed by atoms with Crippen LogP contribution in [0.4, 0.5) is 11.5 Å². The number of thioether (sulfide) groups is 1. The first-order valence-corrected chi connectivity index (χ1v) is 7.12. The van der Waals surface area contributed by atoms with Crippen LogP contribution in [0.5, 0.6) is 0 Å². The second-order valence-electron chi connectivity index (χ2n) is 4.29. The van der Waals surface area contributed by atoms with E-state index in [2.05, 4.69) is 15.6 Å². The summed E-state index contributed by atoms with van der Waals surface area (Å²) in [5.41, 5.74) is 1.21. The number of carbonyl (C=O) groups excluding carboxylic acids is 2. The first-order chi connectivity index (χ1) is 10.6. The van der Waals surface area contributed by atoms with Crippen molar-refractivity contribution in [1.29, 1.82) is 5.26 Å². The molecule has 0 saturated carbocycles. The van der Waals surface area contributed by atoms with Gasteiger partial charge in [-0.25, -0.2) is 4.98 Å². The van der Waals surface area contributed by atoms with Crippen molar-refractivity contribution < 1.29 is 9.59 Å². The van der Waals surface area contributed by atoms with Crippen LogP contribution < -0.4 is 10.6 Å². The van der Waals surface area contributed by atoms with Crippen molar-refractivity contribution in [3.63, 3.8) is 0 Å². The third-order valence-electron chi connectivity index (χ3n) is 2.61. The molecule has 7 heteroatoms. The molecule has 0 unspecified atom stereocenters.